The summed E-state index contributed by atoms with van der Waals surface area (Å²) in [6.45, 7) is 2.65. The van der Waals surface area contributed by atoms with Crippen molar-refractivity contribution in [3.05, 3.63) is 47.2 Å². The van der Waals surface area contributed by atoms with Crippen molar-refractivity contribution in [3.63, 3.8) is 0 Å². The average Bonchev–Trinajstić information content (AvgIpc) is 2.87. The topological polar surface area (TPSA) is 46.8 Å². The molecular weight excluding hydrogens is 349 g/mol. The second kappa shape index (κ2) is 5.31. The average molecular weight is 362 g/mol. The van der Waals surface area contributed by atoms with Crippen LogP contribution in [0.15, 0.2) is 41.4 Å². The van der Waals surface area contributed by atoms with Gasteiger partial charge in [-0.05, 0) is 34.1 Å². The summed E-state index contributed by atoms with van der Waals surface area (Å²) in [4.78, 5) is 10.7. The first kappa shape index (κ1) is 13.6. The number of nitrogens with zero attached hydrogens (tertiary/aromatic N) is 5. The van der Waals surface area contributed by atoms with Gasteiger partial charge in [0, 0.05) is 37.1 Å². The maximum absolute atomic E-state index is 13.5. The zero-order valence-corrected chi connectivity index (χ0v) is 13.2. The molecule has 4 rings (SSSR count). The number of benzene rings is 1. The third-order valence-electron chi connectivity index (χ3n) is 3.88. The quantitative estimate of drug-likeness (QED) is 0.719. The minimum absolute atomic E-state index is 0.262. The first-order valence-electron chi connectivity index (χ1n) is 7.02. The largest absolute Gasteiger partial charge is 0.355 e. The van der Waals surface area contributed by atoms with Crippen molar-refractivity contribution in [2.45, 2.75) is 6.54 Å². The predicted octanol–water partition coefficient (Wildman–Crippen LogP) is 2.86. The van der Waals surface area contributed by atoms with Crippen LogP contribution >= 0.6 is 15.9 Å². The molecule has 0 aliphatic carbocycles. The molecule has 3 heterocycles. The van der Waals surface area contributed by atoms with Crippen LogP contribution < -0.4 is 4.90 Å². The lowest BCUT2D eigenvalue weighted by Crippen LogP contribution is -2.49. The Morgan fingerprint density at radius 1 is 1.27 bits per heavy atom. The van der Waals surface area contributed by atoms with Crippen molar-refractivity contribution in [1.82, 2.24) is 19.7 Å². The fourth-order valence-corrected chi connectivity index (χ4v) is 3.16. The zero-order valence-electron chi connectivity index (χ0n) is 11.7. The first-order valence-corrected chi connectivity index (χ1v) is 7.81. The fraction of sp³-hybridized carbons (Fsp3) is 0.267. The SMILES string of the molecule is Fc1ccc2ncnc(N3CC(Cn4cc(Br)cn4)C3)c2c1. The standard InChI is InChI=1S/C15H13BrFN5/c16-11-4-20-22(8-11)7-10-5-21(6-10)15-13-3-12(17)1-2-14(13)18-9-19-15/h1-4,8-10H,5-7H2. The van der Waals surface area contributed by atoms with Crippen LogP contribution in [0.25, 0.3) is 10.9 Å². The Balaban J connectivity index is 1.52. The van der Waals surface area contributed by atoms with E-state index in [2.05, 4.69) is 35.9 Å². The summed E-state index contributed by atoms with van der Waals surface area (Å²) in [6, 6.07) is 4.62. The van der Waals surface area contributed by atoms with Gasteiger partial charge in [0.25, 0.3) is 0 Å². The van der Waals surface area contributed by atoms with Crippen molar-refractivity contribution in [2.24, 2.45) is 5.92 Å². The third-order valence-corrected chi connectivity index (χ3v) is 4.29. The Morgan fingerprint density at radius 3 is 2.91 bits per heavy atom. The summed E-state index contributed by atoms with van der Waals surface area (Å²) >= 11 is 3.40. The molecule has 0 unspecified atom stereocenters. The van der Waals surface area contributed by atoms with E-state index in [9.17, 15) is 4.39 Å². The molecule has 22 heavy (non-hydrogen) atoms. The van der Waals surface area contributed by atoms with Gasteiger partial charge in [-0.3, -0.25) is 4.68 Å². The van der Waals surface area contributed by atoms with Gasteiger partial charge >= 0.3 is 0 Å². The van der Waals surface area contributed by atoms with Gasteiger partial charge in [0.1, 0.15) is 18.0 Å². The number of fused-ring (bicyclic) bond motifs is 1. The van der Waals surface area contributed by atoms with E-state index >= 15 is 0 Å². The molecule has 1 fully saturated rings. The second-order valence-electron chi connectivity index (χ2n) is 5.51. The van der Waals surface area contributed by atoms with Gasteiger partial charge < -0.3 is 4.90 Å². The van der Waals surface area contributed by atoms with Gasteiger partial charge in [-0.15, -0.1) is 0 Å². The molecule has 0 N–H and O–H groups in total. The first-order chi connectivity index (χ1) is 10.7. The number of hydrogen-bond acceptors (Lipinski definition) is 4. The smallest absolute Gasteiger partial charge is 0.140 e. The van der Waals surface area contributed by atoms with Gasteiger partial charge in [-0.2, -0.15) is 5.10 Å². The van der Waals surface area contributed by atoms with E-state index in [1.165, 1.54) is 18.5 Å². The summed E-state index contributed by atoms with van der Waals surface area (Å²) in [6.07, 6.45) is 5.29. The lowest BCUT2D eigenvalue weighted by atomic mass is 9.99. The van der Waals surface area contributed by atoms with Gasteiger partial charge in [0.05, 0.1) is 16.2 Å². The van der Waals surface area contributed by atoms with Crippen LogP contribution in [0.5, 0.6) is 0 Å². The van der Waals surface area contributed by atoms with Crippen molar-refractivity contribution in [3.8, 4) is 0 Å². The van der Waals surface area contributed by atoms with E-state index in [-0.39, 0.29) is 5.82 Å². The molecule has 1 aliphatic heterocycles. The molecule has 0 bridgehead atoms. The molecule has 1 aliphatic rings. The van der Waals surface area contributed by atoms with Gasteiger partial charge in [-0.25, -0.2) is 14.4 Å². The van der Waals surface area contributed by atoms with E-state index < -0.39 is 0 Å². The summed E-state index contributed by atoms with van der Waals surface area (Å²) in [5.74, 6) is 1.06. The maximum Gasteiger partial charge on any atom is 0.140 e. The van der Waals surface area contributed by atoms with Crippen molar-refractivity contribution >= 4 is 32.7 Å². The highest BCUT2D eigenvalue weighted by atomic mass is 79.9. The van der Waals surface area contributed by atoms with Crippen LogP contribution in [0.2, 0.25) is 0 Å². The number of aromatic nitrogens is 4. The monoisotopic (exact) mass is 361 g/mol. The maximum atomic E-state index is 13.5. The second-order valence-corrected chi connectivity index (χ2v) is 6.43. The highest BCUT2D eigenvalue weighted by molar-refractivity contribution is 9.10. The van der Waals surface area contributed by atoms with E-state index in [1.807, 2.05) is 10.9 Å². The van der Waals surface area contributed by atoms with Gasteiger partial charge in [0.2, 0.25) is 0 Å². The van der Waals surface area contributed by atoms with Gasteiger partial charge in [0.15, 0.2) is 0 Å². The van der Waals surface area contributed by atoms with E-state index in [1.54, 1.807) is 12.3 Å². The molecule has 0 saturated carbocycles. The van der Waals surface area contributed by atoms with Crippen molar-refractivity contribution in [2.75, 3.05) is 18.0 Å². The molecule has 0 radical (unpaired) electrons. The Morgan fingerprint density at radius 2 is 2.14 bits per heavy atom. The Labute approximate surface area is 134 Å². The molecule has 7 heteroatoms. The molecule has 0 amide bonds. The van der Waals surface area contributed by atoms with Crippen molar-refractivity contribution in [1.29, 1.82) is 0 Å². The molecule has 0 spiro atoms. The molecule has 2 aromatic heterocycles. The van der Waals surface area contributed by atoms with E-state index in [0.29, 0.717) is 5.92 Å². The Bertz CT molecular complexity index is 828. The molecule has 5 nitrogen and oxygen atoms in total. The van der Waals surface area contributed by atoms with E-state index in [4.69, 9.17) is 0 Å². The van der Waals surface area contributed by atoms with Crippen LogP contribution in [0.1, 0.15) is 0 Å². The molecular formula is C15H13BrFN5. The summed E-state index contributed by atoms with van der Waals surface area (Å²) in [5.41, 5.74) is 0.769. The fourth-order valence-electron chi connectivity index (χ4n) is 2.83. The number of anilines is 1. The molecule has 0 atom stereocenters. The number of halogens is 2. The van der Waals surface area contributed by atoms with Crippen LogP contribution in [0.4, 0.5) is 10.2 Å². The molecule has 112 valence electrons. The summed E-state index contributed by atoms with van der Waals surface area (Å²) in [5, 5.41) is 5.04. The van der Waals surface area contributed by atoms with Crippen LogP contribution in [-0.4, -0.2) is 32.8 Å². The van der Waals surface area contributed by atoms with Crippen molar-refractivity contribution < 1.29 is 4.39 Å². The van der Waals surface area contributed by atoms with E-state index in [0.717, 1.165) is 40.8 Å². The molecule has 1 aromatic carbocycles. The highest BCUT2D eigenvalue weighted by Gasteiger charge is 2.29. The number of hydrogen-bond donors (Lipinski definition) is 0. The zero-order chi connectivity index (χ0) is 15.1. The highest BCUT2D eigenvalue weighted by Crippen LogP contribution is 2.29. The Hall–Kier alpha value is -2.02. The minimum Gasteiger partial charge on any atom is -0.355 e. The van der Waals surface area contributed by atoms with Gasteiger partial charge in [-0.1, -0.05) is 0 Å². The third kappa shape index (κ3) is 2.45. The van der Waals surface area contributed by atoms with Crippen LogP contribution in [-0.2, 0) is 6.54 Å². The Kier molecular flexibility index (Phi) is 3.29. The summed E-state index contributed by atoms with van der Waals surface area (Å²) < 4.78 is 16.4. The molecule has 1 saturated heterocycles. The lowest BCUT2D eigenvalue weighted by molar-refractivity contribution is 0.341. The lowest BCUT2D eigenvalue weighted by Gasteiger charge is -2.40. The van der Waals surface area contributed by atoms with Crippen LogP contribution in [0, 0.1) is 11.7 Å². The summed E-state index contributed by atoms with van der Waals surface area (Å²) in [7, 11) is 0. The molecule has 3 aromatic rings. The predicted molar refractivity (Wildman–Crippen MR) is 85.1 cm³/mol. The number of rotatable bonds is 3. The minimum atomic E-state index is -0.262. The normalized spacial score (nSPS) is 15.3. The van der Waals surface area contributed by atoms with Crippen LogP contribution in [0.3, 0.4) is 0 Å².